The maximum Gasteiger partial charge on any atom is 0.306 e. The Kier molecular flexibility index (Phi) is 45.8. The molecule has 67 heavy (non-hydrogen) atoms. The molecule has 0 aliphatic carbocycles. The summed E-state index contributed by atoms with van der Waals surface area (Å²) in [5.74, 6) is -0.605. The highest BCUT2D eigenvalue weighted by Crippen LogP contribution is 2.38. The lowest BCUT2D eigenvalue weighted by Crippen LogP contribution is -2.47. The van der Waals surface area contributed by atoms with E-state index in [1.807, 2.05) is 33.3 Å². The van der Waals surface area contributed by atoms with Gasteiger partial charge in [-0.1, -0.05) is 217 Å². The van der Waals surface area contributed by atoms with E-state index in [1.54, 1.807) is 0 Å². The number of hydrogen-bond acceptors (Lipinski definition) is 7. The van der Waals surface area contributed by atoms with Crippen molar-refractivity contribution in [1.82, 2.24) is 5.32 Å². The highest BCUT2D eigenvalue weighted by Gasteiger charge is 2.27. The lowest BCUT2D eigenvalue weighted by Gasteiger charge is -2.30. The number of nitrogens with one attached hydrogen (secondary N) is 1. The molecule has 0 aromatic rings. The number of carbonyl (C=O) groups excluding carboxylic acids is 2. The summed E-state index contributed by atoms with van der Waals surface area (Å²) in [4.78, 5) is 39.7. The molecule has 10 heteroatoms. The fourth-order valence-corrected chi connectivity index (χ4v) is 8.35. The standard InChI is InChI=1S/C57H105N2O7P/c1-7-10-13-16-19-22-25-27-28-29-30-32-35-38-41-44-47-50-57(61)66-55(48-45-42-39-36-33-24-21-18-15-12-9-3)54(53-65-67(62,63)64-52-51-59(4,5)6)58-56(60)49-46-43-40-37-34-31-26-23-20-17-14-11-8-2/h19,22,27-28,30,32,38,41,45,48,54-55H,7-18,20-21,23-26,29,31,33-37,39-40,42-44,46-47,49-53H2,1-6H3,(H-,58,60,62,63)/b22-19-,28-27-,32-30-,41-38-,48-45+. The molecule has 0 spiro atoms. The van der Waals surface area contributed by atoms with E-state index in [2.05, 4.69) is 74.7 Å². The predicted octanol–water partition coefficient (Wildman–Crippen LogP) is 15.7. The fourth-order valence-electron chi connectivity index (χ4n) is 7.63. The summed E-state index contributed by atoms with van der Waals surface area (Å²) < 4.78 is 30.1. The number of allylic oxidation sites excluding steroid dienone is 9. The average molecular weight is 961 g/mol. The minimum Gasteiger partial charge on any atom is -0.756 e. The van der Waals surface area contributed by atoms with Crippen molar-refractivity contribution in [3.05, 3.63) is 60.8 Å². The first-order valence-corrected chi connectivity index (χ1v) is 29.1. The molecule has 3 atom stereocenters. The quantitative estimate of drug-likeness (QED) is 0.0212. The molecule has 1 N–H and O–H groups in total. The van der Waals surface area contributed by atoms with Crippen LogP contribution in [0.2, 0.25) is 0 Å². The van der Waals surface area contributed by atoms with Crippen LogP contribution in [0.5, 0.6) is 0 Å². The summed E-state index contributed by atoms with van der Waals surface area (Å²) in [6.07, 6.45) is 57.6. The number of carbonyl (C=O) groups is 2. The largest absolute Gasteiger partial charge is 0.756 e. The Labute approximate surface area is 413 Å². The van der Waals surface area contributed by atoms with Crippen molar-refractivity contribution in [1.29, 1.82) is 0 Å². The SMILES string of the molecule is CCCCC/C=C\C/C=C\C/C=C\C/C=C\CCCC(=O)OC(/C=C/CCCCCCCCCCC)C(COP(=O)([O-])OCC[N+](C)(C)C)NC(=O)CCCCCCCCCCCCCCC. The number of unbranched alkanes of at least 4 members (excludes halogenated alkanes) is 25. The van der Waals surface area contributed by atoms with Gasteiger partial charge in [0.15, 0.2) is 0 Å². The first-order valence-electron chi connectivity index (χ1n) is 27.6. The molecule has 1 amide bonds. The number of rotatable bonds is 49. The van der Waals surface area contributed by atoms with Crippen LogP contribution in [0.1, 0.15) is 239 Å². The molecular weight excluding hydrogens is 856 g/mol. The summed E-state index contributed by atoms with van der Waals surface area (Å²) in [7, 11) is 1.16. The number of amides is 1. The van der Waals surface area contributed by atoms with E-state index in [0.29, 0.717) is 23.9 Å². The molecule has 0 aliphatic rings. The van der Waals surface area contributed by atoms with Crippen LogP contribution in [0, 0.1) is 0 Å². The zero-order valence-corrected chi connectivity index (χ0v) is 45.2. The Morgan fingerprint density at radius 2 is 0.925 bits per heavy atom. The third-order valence-corrected chi connectivity index (χ3v) is 12.9. The third kappa shape index (κ3) is 48.5. The summed E-state index contributed by atoms with van der Waals surface area (Å²) >= 11 is 0. The van der Waals surface area contributed by atoms with Gasteiger partial charge in [-0.3, -0.25) is 14.2 Å². The van der Waals surface area contributed by atoms with Gasteiger partial charge in [0.25, 0.3) is 7.82 Å². The van der Waals surface area contributed by atoms with Gasteiger partial charge in [-0.25, -0.2) is 0 Å². The monoisotopic (exact) mass is 961 g/mol. The molecule has 0 radical (unpaired) electrons. The van der Waals surface area contributed by atoms with Gasteiger partial charge in [-0.2, -0.15) is 0 Å². The first kappa shape index (κ1) is 64.7. The Bertz CT molecular complexity index is 1340. The van der Waals surface area contributed by atoms with Gasteiger partial charge in [-0.05, 0) is 70.3 Å². The lowest BCUT2D eigenvalue weighted by atomic mass is 10.0. The molecule has 0 saturated heterocycles. The van der Waals surface area contributed by atoms with Crippen molar-refractivity contribution < 1.29 is 37.3 Å². The van der Waals surface area contributed by atoms with E-state index in [-0.39, 0.29) is 18.9 Å². The van der Waals surface area contributed by atoms with E-state index < -0.39 is 32.5 Å². The highest BCUT2D eigenvalue weighted by atomic mass is 31.2. The molecule has 0 bridgehead atoms. The molecular formula is C57H105N2O7P. The van der Waals surface area contributed by atoms with Crippen LogP contribution in [0.15, 0.2) is 60.8 Å². The van der Waals surface area contributed by atoms with E-state index in [9.17, 15) is 19.0 Å². The van der Waals surface area contributed by atoms with Gasteiger partial charge >= 0.3 is 5.97 Å². The number of quaternary nitrogens is 1. The van der Waals surface area contributed by atoms with Gasteiger partial charge in [0.1, 0.15) is 19.3 Å². The topological polar surface area (TPSA) is 114 Å². The first-order chi connectivity index (χ1) is 32.4. The van der Waals surface area contributed by atoms with Crippen molar-refractivity contribution >= 4 is 19.7 Å². The minimum absolute atomic E-state index is 0.0309. The van der Waals surface area contributed by atoms with Crippen LogP contribution >= 0.6 is 7.82 Å². The Balaban J connectivity index is 5.45. The Morgan fingerprint density at radius 1 is 0.522 bits per heavy atom. The van der Waals surface area contributed by atoms with E-state index >= 15 is 0 Å². The molecule has 0 saturated carbocycles. The Morgan fingerprint density at radius 3 is 1.42 bits per heavy atom. The van der Waals surface area contributed by atoms with Crippen LogP contribution in [0.25, 0.3) is 0 Å². The second-order valence-corrected chi connectivity index (χ2v) is 21.1. The second kappa shape index (κ2) is 47.4. The summed E-state index contributed by atoms with van der Waals surface area (Å²) in [5.41, 5.74) is 0. The summed E-state index contributed by atoms with van der Waals surface area (Å²) in [5, 5.41) is 3.00. The van der Waals surface area contributed by atoms with Crippen LogP contribution in [0.4, 0.5) is 0 Å². The molecule has 0 rings (SSSR count). The number of nitrogens with zero attached hydrogens (tertiary/aromatic N) is 1. The molecule has 9 nitrogen and oxygen atoms in total. The van der Waals surface area contributed by atoms with Crippen molar-refractivity contribution in [2.75, 3.05) is 40.9 Å². The van der Waals surface area contributed by atoms with E-state index in [4.69, 9.17) is 13.8 Å². The zero-order valence-electron chi connectivity index (χ0n) is 44.3. The van der Waals surface area contributed by atoms with Gasteiger partial charge in [0, 0.05) is 12.8 Å². The fraction of sp³-hybridized carbons (Fsp3) is 0.789. The maximum absolute atomic E-state index is 13.4. The minimum atomic E-state index is -4.70. The number of likely N-dealkylation sites (N-methyl/N-ethyl adjacent to an activating group) is 1. The van der Waals surface area contributed by atoms with Crippen molar-refractivity contribution in [3.8, 4) is 0 Å². The number of phosphoric ester groups is 1. The highest BCUT2D eigenvalue weighted by molar-refractivity contribution is 7.45. The van der Waals surface area contributed by atoms with E-state index in [0.717, 1.165) is 64.2 Å². The van der Waals surface area contributed by atoms with Crippen LogP contribution in [-0.2, 0) is 27.9 Å². The van der Waals surface area contributed by atoms with Crippen molar-refractivity contribution in [2.45, 2.75) is 251 Å². The smallest absolute Gasteiger partial charge is 0.306 e. The number of esters is 1. The molecule has 0 aromatic carbocycles. The molecule has 0 fully saturated rings. The normalized spacial score (nSPS) is 14.3. The van der Waals surface area contributed by atoms with Crippen molar-refractivity contribution in [2.24, 2.45) is 0 Å². The third-order valence-electron chi connectivity index (χ3n) is 12.0. The van der Waals surface area contributed by atoms with Crippen LogP contribution in [0.3, 0.4) is 0 Å². The molecule has 0 aliphatic heterocycles. The molecule has 3 unspecified atom stereocenters. The van der Waals surface area contributed by atoms with Gasteiger partial charge in [0.2, 0.25) is 5.91 Å². The number of phosphoric acid groups is 1. The van der Waals surface area contributed by atoms with Crippen LogP contribution in [-0.4, -0.2) is 69.4 Å². The number of ether oxygens (including phenoxy) is 1. The second-order valence-electron chi connectivity index (χ2n) is 19.7. The van der Waals surface area contributed by atoms with Crippen LogP contribution < -0.4 is 10.2 Å². The summed E-state index contributed by atoms with van der Waals surface area (Å²) in [6, 6.07) is -0.907. The molecule has 0 heterocycles. The lowest BCUT2D eigenvalue weighted by molar-refractivity contribution is -0.870. The van der Waals surface area contributed by atoms with Crippen molar-refractivity contribution in [3.63, 3.8) is 0 Å². The number of hydrogen-bond donors (Lipinski definition) is 1. The molecule has 0 aromatic heterocycles. The predicted molar refractivity (Wildman–Crippen MR) is 284 cm³/mol. The average Bonchev–Trinajstić information content (AvgIpc) is 3.28. The van der Waals surface area contributed by atoms with Gasteiger partial charge < -0.3 is 28.5 Å². The maximum atomic E-state index is 13.4. The van der Waals surface area contributed by atoms with Gasteiger partial charge in [0.05, 0.1) is 33.8 Å². The van der Waals surface area contributed by atoms with E-state index in [1.165, 1.54) is 135 Å². The Hall–Kier alpha value is -2.29. The summed E-state index contributed by atoms with van der Waals surface area (Å²) in [6.45, 7) is 6.76. The zero-order chi connectivity index (χ0) is 49.4. The van der Waals surface area contributed by atoms with Gasteiger partial charge in [-0.15, -0.1) is 0 Å². The molecule has 390 valence electrons.